The maximum atomic E-state index is 13.2. The smallest absolute Gasteiger partial charge is 0.260 e. The van der Waals surface area contributed by atoms with E-state index >= 15 is 0 Å². The van der Waals surface area contributed by atoms with Crippen molar-refractivity contribution in [2.75, 3.05) is 0 Å². The molecule has 0 radical (unpaired) electrons. The molecule has 5 nitrogen and oxygen atoms in total. The SMILES string of the molecule is C/C(=N/NC(=O)Cn1cnc2ccccc21)c1ccc(F)c(F)c1. The third kappa shape index (κ3) is 3.29. The summed E-state index contributed by atoms with van der Waals surface area (Å²) in [7, 11) is 0. The fourth-order valence-electron chi connectivity index (χ4n) is 2.26. The third-order valence-corrected chi connectivity index (χ3v) is 3.53. The number of hydrazone groups is 1. The number of hydrogen-bond donors (Lipinski definition) is 1. The van der Waals surface area contributed by atoms with Crippen molar-refractivity contribution in [3.63, 3.8) is 0 Å². The van der Waals surface area contributed by atoms with E-state index < -0.39 is 11.6 Å². The van der Waals surface area contributed by atoms with Crippen LogP contribution in [0.2, 0.25) is 0 Å². The zero-order valence-electron chi connectivity index (χ0n) is 12.8. The van der Waals surface area contributed by atoms with E-state index in [-0.39, 0.29) is 12.5 Å². The molecule has 0 unspecified atom stereocenters. The van der Waals surface area contributed by atoms with Gasteiger partial charge in [-0.15, -0.1) is 0 Å². The number of rotatable bonds is 4. The number of fused-ring (bicyclic) bond motifs is 1. The number of nitrogens with zero attached hydrogens (tertiary/aromatic N) is 3. The summed E-state index contributed by atoms with van der Waals surface area (Å²) >= 11 is 0. The first-order chi connectivity index (χ1) is 11.5. The van der Waals surface area contributed by atoms with Gasteiger partial charge in [0.15, 0.2) is 11.6 Å². The Morgan fingerprint density at radius 1 is 1.21 bits per heavy atom. The molecule has 0 atom stereocenters. The summed E-state index contributed by atoms with van der Waals surface area (Å²) in [6.45, 7) is 1.65. The Hall–Kier alpha value is -3.09. The van der Waals surface area contributed by atoms with Crippen molar-refractivity contribution in [3.8, 4) is 0 Å². The van der Waals surface area contributed by atoms with E-state index in [4.69, 9.17) is 0 Å². The summed E-state index contributed by atoms with van der Waals surface area (Å²) in [5, 5.41) is 3.92. The van der Waals surface area contributed by atoms with Crippen molar-refractivity contribution >= 4 is 22.7 Å². The van der Waals surface area contributed by atoms with Gasteiger partial charge >= 0.3 is 0 Å². The van der Waals surface area contributed by atoms with Crippen LogP contribution >= 0.6 is 0 Å². The van der Waals surface area contributed by atoms with Crippen LogP contribution in [0.15, 0.2) is 53.9 Å². The van der Waals surface area contributed by atoms with Gasteiger partial charge in [0.05, 0.1) is 23.1 Å². The van der Waals surface area contributed by atoms with Gasteiger partial charge in [-0.25, -0.2) is 19.2 Å². The number of imidazole rings is 1. The predicted octanol–water partition coefficient (Wildman–Crippen LogP) is 2.85. The lowest BCUT2D eigenvalue weighted by Crippen LogP contribution is -2.24. The van der Waals surface area contributed by atoms with Crippen LogP contribution in [-0.4, -0.2) is 21.2 Å². The highest BCUT2D eigenvalue weighted by Gasteiger charge is 2.08. The molecule has 1 amide bonds. The molecule has 1 N–H and O–H groups in total. The maximum Gasteiger partial charge on any atom is 0.260 e. The quantitative estimate of drug-likeness (QED) is 0.591. The molecule has 3 rings (SSSR count). The molecule has 0 aliphatic heterocycles. The van der Waals surface area contributed by atoms with Crippen LogP contribution in [0.1, 0.15) is 12.5 Å². The zero-order chi connectivity index (χ0) is 17.1. The van der Waals surface area contributed by atoms with E-state index in [0.29, 0.717) is 11.3 Å². The first kappa shape index (κ1) is 15.8. The summed E-state index contributed by atoms with van der Waals surface area (Å²) in [6, 6.07) is 10.9. The van der Waals surface area contributed by atoms with Gasteiger partial charge in [0.2, 0.25) is 0 Å². The lowest BCUT2D eigenvalue weighted by molar-refractivity contribution is -0.121. The molecule has 7 heteroatoms. The average Bonchev–Trinajstić information content (AvgIpc) is 2.98. The van der Waals surface area contributed by atoms with E-state index in [0.717, 1.165) is 23.2 Å². The van der Waals surface area contributed by atoms with Gasteiger partial charge in [-0.2, -0.15) is 5.10 Å². The van der Waals surface area contributed by atoms with Gasteiger partial charge < -0.3 is 4.57 Å². The molecule has 0 aliphatic rings. The molecule has 1 aromatic heterocycles. The molecule has 0 saturated carbocycles. The number of carbonyl (C=O) groups is 1. The van der Waals surface area contributed by atoms with E-state index in [2.05, 4.69) is 15.5 Å². The number of hydrogen-bond acceptors (Lipinski definition) is 3. The molecular formula is C17H14F2N4O. The third-order valence-electron chi connectivity index (χ3n) is 3.53. The monoisotopic (exact) mass is 328 g/mol. The molecule has 1 heterocycles. The first-order valence-electron chi connectivity index (χ1n) is 7.23. The van der Waals surface area contributed by atoms with Gasteiger partial charge in [-0.1, -0.05) is 12.1 Å². The first-order valence-corrected chi connectivity index (χ1v) is 7.23. The Labute approximate surface area is 136 Å². The van der Waals surface area contributed by atoms with Crippen LogP contribution in [0.25, 0.3) is 11.0 Å². The molecule has 0 saturated heterocycles. The minimum atomic E-state index is -0.960. The molecule has 0 spiro atoms. The molecule has 122 valence electrons. The van der Waals surface area contributed by atoms with Gasteiger partial charge in [-0.05, 0) is 37.3 Å². The van der Waals surface area contributed by atoms with Gasteiger partial charge in [0, 0.05) is 5.56 Å². The van der Waals surface area contributed by atoms with Crippen molar-refractivity contribution in [1.29, 1.82) is 0 Å². The summed E-state index contributed by atoms with van der Waals surface area (Å²) < 4.78 is 27.8. The number of halogens is 2. The number of nitrogens with one attached hydrogen (secondary N) is 1. The molecule has 0 fully saturated rings. The van der Waals surface area contributed by atoms with E-state index in [9.17, 15) is 13.6 Å². The Balaban J connectivity index is 1.69. The molecule has 24 heavy (non-hydrogen) atoms. The van der Waals surface area contributed by atoms with Crippen molar-refractivity contribution < 1.29 is 13.6 Å². The largest absolute Gasteiger partial charge is 0.321 e. The Bertz CT molecular complexity index is 933. The van der Waals surface area contributed by atoms with Gasteiger partial charge in [0.1, 0.15) is 6.54 Å². The summed E-state index contributed by atoms with van der Waals surface area (Å²) in [6.07, 6.45) is 1.58. The minimum Gasteiger partial charge on any atom is -0.321 e. The molecule has 2 aromatic carbocycles. The predicted molar refractivity (Wildman–Crippen MR) is 86.4 cm³/mol. The van der Waals surface area contributed by atoms with Crippen LogP contribution in [0.4, 0.5) is 8.78 Å². The van der Waals surface area contributed by atoms with Crippen molar-refractivity contribution in [2.24, 2.45) is 5.10 Å². The second-order valence-electron chi connectivity index (χ2n) is 5.22. The molecule has 0 aliphatic carbocycles. The number of aromatic nitrogens is 2. The summed E-state index contributed by atoms with van der Waals surface area (Å²) in [4.78, 5) is 16.2. The number of benzene rings is 2. The van der Waals surface area contributed by atoms with Crippen molar-refractivity contribution in [1.82, 2.24) is 15.0 Å². The molecular weight excluding hydrogens is 314 g/mol. The second-order valence-corrected chi connectivity index (χ2v) is 5.22. The highest BCUT2D eigenvalue weighted by molar-refractivity contribution is 5.99. The molecule has 3 aromatic rings. The van der Waals surface area contributed by atoms with Crippen LogP contribution in [0.5, 0.6) is 0 Å². The van der Waals surface area contributed by atoms with E-state index in [1.807, 2.05) is 24.3 Å². The topological polar surface area (TPSA) is 59.3 Å². The van der Waals surface area contributed by atoms with E-state index in [1.54, 1.807) is 17.8 Å². The highest BCUT2D eigenvalue weighted by Crippen LogP contribution is 2.11. The lowest BCUT2D eigenvalue weighted by Gasteiger charge is -2.05. The highest BCUT2D eigenvalue weighted by atomic mass is 19.2. The average molecular weight is 328 g/mol. The zero-order valence-corrected chi connectivity index (χ0v) is 12.8. The maximum absolute atomic E-state index is 13.2. The fraction of sp³-hybridized carbons (Fsp3) is 0.118. The Morgan fingerprint density at radius 2 is 2.00 bits per heavy atom. The number of carbonyl (C=O) groups excluding carboxylic acids is 1. The summed E-state index contributed by atoms with van der Waals surface area (Å²) in [5.74, 6) is -2.24. The number of amides is 1. The van der Waals surface area contributed by atoms with Crippen LogP contribution in [-0.2, 0) is 11.3 Å². The van der Waals surface area contributed by atoms with E-state index in [1.165, 1.54) is 6.07 Å². The van der Waals surface area contributed by atoms with Crippen LogP contribution < -0.4 is 5.43 Å². The Morgan fingerprint density at radius 3 is 2.79 bits per heavy atom. The number of para-hydroxylation sites is 2. The van der Waals surface area contributed by atoms with Crippen molar-refractivity contribution in [3.05, 3.63) is 66.0 Å². The van der Waals surface area contributed by atoms with Crippen LogP contribution in [0.3, 0.4) is 0 Å². The molecule has 0 bridgehead atoms. The Kier molecular flexibility index (Phi) is 4.33. The second kappa shape index (κ2) is 6.57. The fourth-order valence-corrected chi connectivity index (χ4v) is 2.26. The minimum absolute atomic E-state index is 0.0507. The van der Waals surface area contributed by atoms with Crippen molar-refractivity contribution in [2.45, 2.75) is 13.5 Å². The summed E-state index contributed by atoms with van der Waals surface area (Å²) in [5.41, 5.74) is 4.81. The van der Waals surface area contributed by atoms with Gasteiger partial charge in [0.25, 0.3) is 5.91 Å². The normalized spacial score (nSPS) is 11.7. The van der Waals surface area contributed by atoms with Gasteiger partial charge in [-0.3, -0.25) is 4.79 Å². The standard InChI is InChI=1S/C17H14F2N4O/c1-11(12-6-7-13(18)14(19)8-12)21-22-17(24)9-23-10-20-15-4-2-3-5-16(15)23/h2-8,10H,9H2,1H3,(H,22,24)/b21-11-. The van der Waals surface area contributed by atoms with Crippen LogP contribution in [0, 0.1) is 11.6 Å². The lowest BCUT2D eigenvalue weighted by atomic mass is 10.1.